The van der Waals surface area contributed by atoms with Gasteiger partial charge < -0.3 is 10.4 Å². The number of phenolic OH excluding ortho intramolecular Hbond substituents is 1. The van der Waals surface area contributed by atoms with Gasteiger partial charge in [0.1, 0.15) is 11.6 Å². The van der Waals surface area contributed by atoms with Crippen LogP contribution in [0.25, 0.3) is 16.8 Å². The van der Waals surface area contributed by atoms with Crippen molar-refractivity contribution in [2.75, 3.05) is 5.32 Å². The number of nitrogens with zero attached hydrogens (tertiary/aromatic N) is 4. The summed E-state index contributed by atoms with van der Waals surface area (Å²) in [6, 6.07) is 9.01. The molecule has 3 heterocycles. The normalized spacial score (nSPS) is 15.7. The van der Waals surface area contributed by atoms with Crippen molar-refractivity contribution in [3.05, 3.63) is 71.4 Å². The first-order chi connectivity index (χ1) is 14.5. The highest BCUT2D eigenvalue weighted by Gasteiger charge is 2.24. The maximum absolute atomic E-state index is 13.8. The number of fused-ring (bicyclic) bond motifs is 2. The smallest absolute Gasteiger partial charge is 0.225 e. The minimum absolute atomic E-state index is 0.130. The molecule has 1 unspecified atom stereocenters. The number of phenols is 1. The molecule has 0 fully saturated rings. The highest BCUT2D eigenvalue weighted by atomic mass is 19.1. The van der Waals surface area contributed by atoms with Crippen molar-refractivity contribution in [2.45, 2.75) is 38.6 Å². The first kappa shape index (κ1) is 18.5. The van der Waals surface area contributed by atoms with Crippen LogP contribution in [0.4, 0.5) is 10.3 Å². The Labute approximate surface area is 173 Å². The van der Waals surface area contributed by atoms with Gasteiger partial charge in [0.05, 0.1) is 23.6 Å². The number of aromatic nitrogens is 4. The molecule has 1 aromatic carbocycles. The molecule has 0 saturated heterocycles. The van der Waals surface area contributed by atoms with Crippen LogP contribution in [0.2, 0.25) is 0 Å². The van der Waals surface area contributed by atoms with Crippen molar-refractivity contribution in [2.24, 2.45) is 0 Å². The van der Waals surface area contributed by atoms with Crippen molar-refractivity contribution in [3.8, 4) is 17.0 Å². The van der Waals surface area contributed by atoms with Gasteiger partial charge in [-0.15, -0.1) is 0 Å². The van der Waals surface area contributed by atoms with Gasteiger partial charge in [-0.3, -0.25) is 4.98 Å². The average molecular weight is 403 g/mol. The summed E-state index contributed by atoms with van der Waals surface area (Å²) in [5.41, 5.74) is 5.66. The predicted molar refractivity (Wildman–Crippen MR) is 113 cm³/mol. The molecule has 2 N–H and O–H groups in total. The summed E-state index contributed by atoms with van der Waals surface area (Å²) in [6.07, 6.45) is 6.29. The maximum atomic E-state index is 13.8. The third kappa shape index (κ3) is 3.26. The van der Waals surface area contributed by atoms with E-state index in [1.807, 2.05) is 28.9 Å². The van der Waals surface area contributed by atoms with Crippen LogP contribution in [0.15, 0.2) is 48.9 Å². The predicted octanol–water partition coefficient (Wildman–Crippen LogP) is 4.34. The Hall–Kier alpha value is -3.48. The van der Waals surface area contributed by atoms with Gasteiger partial charge in [-0.2, -0.15) is 5.10 Å². The zero-order chi connectivity index (χ0) is 20.8. The molecule has 0 aliphatic heterocycles. The van der Waals surface area contributed by atoms with Gasteiger partial charge >= 0.3 is 0 Å². The molecule has 6 nitrogen and oxygen atoms in total. The number of benzene rings is 1. The Morgan fingerprint density at radius 3 is 2.73 bits per heavy atom. The molecular weight excluding hydrogens is 381 g/mol. The van der Waals surface area contributed by atoms with Gasteiger partial charge in [-0.05, 0) is 54.2 Å². The van der Waals surface area contributed by atoms with E-state index in [0.717, 1.165) is 29.5 Å². The van der Waals surface area contributed by atoms with E-state index >= 15 is 0 Å². The minimum atomic E-state index is -0.396. The van der Waals surface area contributed by atoms with Crippen LogP contribution in [0.3, 0.4) is 0 Å². The molecule has 1 atom stereocenters. The summed E-state index contributed by atoms with van der Waals surface area (Å²) in [6.45, 7) is 4.24. The molecule has 0 saturated carbocycles. The molecule has 0 bridgehead atoms. The van der Waals surface area contributed by atoms with Crippen LogP contribution in [0.5, 0.6) is 5.75 Å². The lowest BCUT2D eigenvalue weighted by atomic mass is 10.0. The quantitative estimate of drug-likeness (QED) is 0.530. The number of anilines is 1. The Morgan fingerprint density at radius 2 is 1.93 bits per heavy atom. The van der Waals surface area contributed by atoms with Crippen LogP contribution >= 0.6 is 0 Å². The molecule has 1 aliphatic rings. The van der Waals surface area contributed by atoms with Gasteiger partial charge in [-0.1, -0.05) is 19.9 Å². The fourth-order valence-corrected chi connectivity index (χ4v) is 4.13. The van der Waals surface area contributed by atoms with E-state index in [1.54, 1.807) is 12.3 Å². The average Bonchev–Trinajstić information content (AvgIpc) is 3.31. The largest absolute Gasteiger partial charge is 0.508 e. The van der Waals surface area contributed by atoms with E-state index in [4.69, 9.17) is 4.98 Å². The monoisotopic (exact) mass is 403 g/mol. The number of hydrogen-bond donors (Lipinski definition) is 2. The Bertz CT molecular complexity index is 1250. The number of aromatic hydroxyl groups is 1. The Balaban J connectivity index is 1.57. The highest BCUT2D eigenvalue weighted by Crippen LogP contribution is 2.30. The summed E-state index contributed by atoms with van der Waals surface area (Å²) in [4.78, 5) is 8.73. The van der Waals surface area contributed by atoms with Crippen molar-refractivity contribution in [1.82, 2.24) is 19.6 Å². The molecule has 0 radical (unpaired) electrons. The second-order valence-corrected chi connectivity index (χ2v) is 8.11. The lowest BCUT2D eigenvalue weighted by Crippen LogP contribution is -2.22. The molecule has 3 aromatic heterocycles. The summed E-state index contributed by atoms with van der Waals surface area (Å²) < 4.78 is 15.6. The molecule has 7 heteroatoms. The lowest BCUT2D eigenvalue weighted by molar-refractivity contribution is 0.474. The van der Waals surface area contributed by atoms with E-state index in [9.17, 15) is 9.50 Å². The number of nitrogens with one attached hydrogen (secondary N) is 1. The molecule has 5 rings (SSSR count). The highest BCUT2D eigenvalue weighted by molar-refractivity contribution is 5.70. The summed E-state index contributed by atoms with van der Waals surface area (Å²) in [7, 11) is 0. The van der Waals surface area contributed by atoms with Crippen LogP contribution in [0.1, 0.15) is 36.5 Å². The summed E-state index contributed by atoms with van der Waals surface area (Å²) in [5.74, 6) is 0.784. The molecule has 4 aromatic rings. The second kappa shape index (κ2) is 7.09. The van der Waals surface area contributed by atoms with Gasteiger partial charge in [0, 0.05) is 23.4 Å². The van der Waals surface area contributed by atoms with E-state index in [-0.39, 0.29) is 17.7 Å². The van der Waals surface area contributed by atoms with Crippen LogP contribution in [0, 0.1) is 5.82 Å². The van der Waals surface area contributed by atoms with Gasteiger partial charge in [0.25, 0.3) is 0 Å². The molecule has 30 heavy (non-hydrogen) atoms. The first-order valence-corrected chi connectivity index (χ1v) is 10.0. The first-order valence-electron chi connectivity index (χ1n) is 10.0. The second-order valence-electron chi connectivity index (χ2n) is 8.11. The zero-order valence-corrected chi connectivity index (χ0v) is 16.8. The summed E-state index contributed by atoms with van der Waals surface area (Å²) in [5, 5.41) is 17.9. The Morgan fingerprint density at radius 1 is 1.10 bits per heavy atom. The maximum Gasteiger partial charge on any atom is 0.225 e. The zero-order valence-electron chi connectivity index (χ0n) is 16.8. The molecule has 0 amide bonds. The van der Waals surface area contributed by atoms with E-state index in [1.165, 1.54) is 17.8 Å². The van der Waals surface area contributed by atoms with Crippen LogP contribution in [-0.2, 0) is 12.8 Å². The van der Waals surface area contributed by atoms with Gasteiger partial charge in [-0.25, -0.2) is 13.9 Å². The van der Waals surface area contributed by atoms with Gasteiger partial charge in [0.2, 0.25) is 5.95 Å². The van der Waals surface area contributed by atoms with Crippen molar-refractivity contribution < 1.29 is 9.50 Å². The van der Waals surface area contributed by atoms with Crippen LogP contribution < -0.4 is 5.32 Å². The fourth-order valence-electron chi connectivity index (χ4n) is 4.13. The number of pyridine rings is 1. The minimum Gasteiger partial charge on any atom is -0.508 e. The van der Waals surface area contributed by atoms with Crippen LogP contribution in [-0.4, -0.2) is 30.7 Å². The Kier molecular flexibility index (Phi) is 4.38. The standard InChI is InChI=1S/C23H22FN5O/c1-13(2)20-12-26-29-22(20)9-21(16-5-17(24)11-25-10-16)28-23(29)27-18-6-14-3-4-19(30)8-15(14)7-18/h3-5,8-13,18,30H,6-7H2,1-2H3,(H,27,28). The third-order valence-electron chi connectivity index (χ3n) is 5.62. The number of halogens is 1. The van der Waals surface area contributed by atoms with Gasteiger partial charge in [0.15, 0.2) is 0 Å². The number of rotatable bonds is 4. The topological polar surface area (TPSA) is 75.3 Å². The number of hydrogen-bond acceptors (Lipinski definition) is 5. The fraction of sp³-hybridized carbons (Fsp3) is 0.261. The van der Waals surface area contributed by atoms with Crippen molar-refractivity contribution in [1.29, 1.82) is 0 Å². The molecular formula is C23H22FN5O. The lowest BCUT2D eigenvalue weighted by Gasteiger charge is -2.16. The molecule has 152 valence electrons. The van der Waals surface area contributed by atoms with E-state index in [0.29, 0.717) is 17.2 Å². The van der Waals surface area contributed by atoms with Crippen molar-refractivity contribution >= 4 is 11.5 Å². The van der Waals surface area contributed by atoms with Crippen molar-refractivity contribution in [3.63, 3.8) is 0 Å². The SMILES string of the molecule is CC(C)c1cnn2c(NC3Cc4ccc(O)cc4C3)nc(-c3cncc(F)c3)cc12. The molecule has 0 spiro atoms. The third-order valence-corrected chi connectivity index (χ3v) is 5.62. The summed E-state index contributed by atoms with van der Waals surface area (Å²) >= 11 is 0. The van der Waals surface area contributed by atoms with E-state index in [2.05, 4.69) is 29.2 Å². The van der Waals surface area contributed by atoms with E-state index < -0.39 is 5.82 Å². The molecule has 1 aliphatic carbocycles.